The van der Waals surface area contributed by atoms with Crippen molar-refractivity contribution in [2.75, 3.05) is 5.32 Å². The zero-order valence-electron chi connectivity index (χ0n) is 17.8. The number of carbonyl (C=O) groups excluding carboxylic acids is 1. The second-order valence-corrected chi connectivity index (χ2v) is 10.3. The Bertz CT molecular complexity index is 1600. The fraction of sp³-hybridized carbons (Fsp3) is 0.0800. The van der Waals surface area contributed by atoms with Crippen molar-refractivity contribution in [2.45, 2.75) is 13.0 Å². The minimum atomic E-state index is -0.586. The molecule has 0 fully saturated rings. The first-order valence-electron chi connectivity index (χ1n) is 10.3. The molecule has 1 N–H and O–H groups in total. The van der Waals surface area contributed by atoms with Crippen LogP contribution >= 0.6 is 45.9 Å². The van der Waals surface area contributed by atoms with E-state index >= 15 is 0 Å². The van der Waals surface area contributed by atoms with Gasteiger partial charge in [-0.05, 0) is 48.2 Å². The average molecular weight is 526 g/mol. The lowest BCUT2D eigenvalue weighted by Crippen LogP contribution is -2.40. The Morgan fingerprint density at radius 2 is 1.88 bits per heavy atom. The van der Waals surface area contributed by atoms with E-state index in [9.17, 15) is 9.59 Å². The number of hydrogen-bond acceptors (Lipinski definition) is 5. The van der Waals surface area contributed by atoms with E-state index in [1.807, 2.05) is 47.8 Å². The van der Waals surface area contributed by atoms with Crippen molar-refractivity contribution in [3.63, 3.8) is 0 Å². The molecule has 34 heavy (non-hydrogen) atoms. The molecule has 5 rings (SSSR count). The van der Waals surface area contributed by atoms with Gasteiger partial charge < -0.3 is 5.32 Å². The maximum absolute atomic E-state index is 13.6. The third-order valence-corrected chi connectivity index (χ3v) is 8.12. The minimum absolute atomic E-state index is 0.240. The summed E-state index contributed by atoms with van der Waals surface area (Å²) in [7, 11) is 0. The lowest BCUT2D eigenvalue weighted by atomic mass is 10.0. The Morgan fingerprint density at radius 3 is 2.62 bits per heavy atom. The van der Waals surface area contributed by atoms with Gasteiger partial charge in [-0.2, -0.15) is 0 Å². The van der Waals surface area contributed by atoms with Crippen molar-refractivity contribution in [3.05, 3.63) is 117 Å². The van der Waals surface area contributed by atoms with E-state index in [2.05, 4.69) is 10.3 Å². The number of anilines is 1. The van der Waals surface area contributed by atoms with E-state index in [0.29, 0.717) is 41.9 Å². The Balaban J connectivity index is 1.67. The van der Waals surface area contributed by atoms with Crippen LogP contribution < -0.4 is 20.2 Å². The molecule has 4 aromatic rings. The molecular weight excluding hydrogens is 509 g/mol. The number of carbonyl (C=O) groups is 1. The van der Waals surface area contributed by atoms with Crippen LogP contribution in [0.5, 0.6) is 0 Å². The molecule has 9 heteroatoms. The number of thiophene rings is 1. The number of para-hydroxylation sites is 1. The van der Waals surface area contributed by atoms with Crippen molar-refractivity contribution in [3.8, 4) is 0 Å². The predicted octanol–water partition coefficient (Wildman–Crippen LogP) is 5.24. The van der Waals surface area contributed by atoms with Gasteiger partial charge in [0.2, 0.25) is 0 Å². The number of hydrogen-bond donors (Lipinski definition) is 1. The van der Waals surface area contributed by atoms with Crippen molar-refractivity contribution in [1.82, 2.24) is 4.57 Å². The first-order chi connectivity index (χ1) is 16.4. The molecule has 2 aromatic heterocycles. The Kier molecular flexibility index (Phi) is 6.27. The number of fused-ring (bicyclic) bond motifs is 1. The summed E-state index contributed by atoms with van der Waals surface area (Å²) in [6.45, 7) is 1.80. The van der Waals surface area contributed by atoms with Gasteiger partial charge in [0.25, 0.3) is 11.5 Å². The molecule has 0 aliphatic carbocycles. The van der Waals surface area contributed by atoms with Gasteiger partial charge in [-0.1, -0.05) is 70.9 Å². The lowest BCUT2D eigenvalue weighted by Gasteiger charge is -2.24. The molecule has 5 nitrogen and oxygen atoms in total. The highest BCUT2D eigenvalue weighted by molar-refractivity contribution is 7.10. The fourth-order valence-corrected chi connectivity index (χ4v) is 6.04. The number of rotatable bonds is 4. The summed E-state index contributed by atoms with van der Waals surface area (Å²) < 4.78 is 2.05. The molecule has 0 unspecified atom stereocenters. The third kappa shape index (κ3) is 4.16. The van der Waals surface area contributed by atoms with Crippen LogP contribution in [0.25, 0.3) is 6.08 Å². The zero-order valence-corrected chi connectivity index (χ0v) is 20.9. The van der Waals surface area contributed by atoms with Gasteiger partial charge in [-0.25, -0.2) is 4.99 Å². The Labute approximate surface area is 212 Å². The Hall–Kier alpha value is -2.97. The normalized spacial score (nSPS) is 15.7. The van der Waals surface area contributed by atoms with Gasteiger partial charge in [0.05, 0.1) is 25.8 Å². The molecule has 0 bridgehead atoms. The molecule has 1 atom stereocenters. The van der Waals surface area contributed by atoms with Crippen molar-refractivity contribution in [2.24, 2.45) is 4.99 Å². The van der Waals surface area contributed by atoms with Gasteiger partial charge in [0.1, 0.15) is 6.04 Å². The van der Waals surface area contributed by atoms with Crippen molar-refractivity contribution in [1.29, 1.82) is 0 Å². The number of benzene rings is 2. The summed E-state index contributed by atoms with van der Waals surface area (Å²) in [5.41, 5.74) is 2.08. The van der Waals surface area contributed by atoms with Crippen LogP contribution in [0.4, 0.5) is 5.69 Å². The number of aromatic nitrogens is 1. The predicted molar refractivity (Wildman–Crippen MR) is 140 cm³/mol. The topological polar surface area (TPSA) is 63.5 Å². The standard InChI is InChI=1S/C25H17Cl2N3O2S2/c1-14-20(23(31)29-16-8-3-2-4-9-16)22(18-11-6-12-33-18)30-24(32)19(34-25(30)28-14)13-15-7-5-10-17(26)21(15)27/h2-13,22H,1H3,(H,29,31)/b19-13-/t22-/m1/s1. The average Bonchev–Trinajstić information content (AvgIpc) is 3.45. The highest BCUT2D eigenvalue weighted by Crippen LogP contribution is 2.33. The summed E-state index contributed by atoms with van der Waals surface area (Å²) in [4.78, 5) is 33.1. The maximum Gasteiger partial charge on any atom is 0.271 e. The monoisotopic (exact) mass is 525 g/mol. The summed E-state index contributed by atoms with van der Waals surface area (Å²) in [6, 6.07) is 17.7. The smallest absolute Gasteiger partial charge is 0.271 e. The van der Waals surface area contributed by atoms with Crippen LogP contribution in [0.1, 0.15) is 23.4 Å². The second-order valence-electron chi connectivity index (χ2n) is 7.56. The Morgan fingerprint density at radius 1 is 1.09 bits per heavy atom. The van der Waals surface area contributed by atoms with E-state index in [0.717, 1.165) is 4.88 Å². The number of thiazole rings is 1. The van der Waals surface area contributed by atoms with Crippen LogP contribution in [0.2, 0.25) is 10.0 Å². The highest BCUT2D eigenvalue weighted by Gasteiger charge is 2.33. The fourth-order valence-electron chi connectivity index (χ4n) is 3.82. The maximum atomic E-state index is 13.6. The number of allylic oxidation sites excluding steroid dienone is 1. The minimum Gasteiger partial charge on any atom is -0.322 e. The zero-order chi connectivity index (χ0) is 23.8. The summed E-state index contributed by atoms with van der Waals surface area (Å²) in [5.74, 6) is -0.294. The SMILES string of the molecule is CC1=C(C(=O)Nc2ccccc2)[C@@H](c2cccs2)n2c(s/c(=C\c3cccc(Cl)c3Cl)c2=O)=N1. The number of halogens is 2. The van der Waals surface area contributed by atoms with Gasteiger partial charge in [-0.3, -0.25) is 14.2 Å². The van der Waals surface area contributed by atoms with Crippen LogP contribution in [-0.2, 0) is 4.79 Å². The molecule has 1 amide bonds. The molecule has 0 saturated heterocycles. The second kappa shape index (κ2) is 9.35. The van der Waals surface area contributed by atoms with Gasteiger partial charge in [0, 0.05) is 10.6 Å². The molecule has 0 saturated carbocycles. The van der Waals surface area contributed by atoms with E-state index in [1.165, 1.54) is 22.7 Å². The molecule has 2 aromatic carbocycles. The van der Waals surface area contributed by atoms with E-state index in [4.69, 9.17) is 23.2 Å². The molecular formula is C25H17Cl2N3O2S2. The quantitative estimate of drug-likeness (QED) is 0.395. The van der Waals surface area contributed by atoms with Crippen LogP contribution in [-0.4, -0.2) is 10.5 Å². The van der Waals surface area contributed by atoms with Crippen molar-refractivity contribution < 1.29 is 4.79 Å². The van der Waals surface area contributed by atoms with E-state index in [-0.39, 0.29) is 11.5 Å². The first-order valence-corrected chi connectivity index (χ1v) is 12.8. The highest BCUT2D eigenvalue weighted by atomic mass is 35.5. The van der Waals surface area contributed by atoms with Crippen LogP contribution in [0.15, 0.2) is 87.1 Å². The number of nitrogens with zero attached hydrogens (tertiary/aromatic N) is 2. The van der Waals surface area contributed by atoms with Gasteiger partial charge >= 0.3 is 0 Å². The van der Waals surface area contributed by atoms with Gasteiger partial charge in [-0.15, -0.1) is 11.3 Å². The molecule has 3 heterocycles. The molecule has 0 spiro atoms. The van der Waals surface area contributed by atoms with E-state index < -0.39 is 6.04 Å². The van der Waals surface area contributed by atoms with Crippen molar-refractivity contribution >= 4 is 63.5 Å². The largest absolute Gasteiger partial charge is 0.322 e. The van der Waals surface area contributed by atoms with Crippen LogP contribution in [0, 0.1) is 0 Å². The van der Waals surface area contributed by atoms with Crippen LogP contribution in [0.3, 0.4) is 0 Å². The molecule has 0 radical (unpaired) electrons. The number of nitrogens with one attached hydrogen (secondary N) is 1. The van der Waals surface area contributed by atoms with E-state index in [1.54, 1.807) is 35.8 Å². The number of amides is 1. The summed E-state index contributed by atoms with van der Waals surface area (Å²) >= 11 is 15.2. The van der Waals surface area contributed by atoms with Gasteiger partial charge in [0.15, 0.2) is 4.80 Å². The molecule has 1 aliphatic heterocycles. The summed E-state index contributed by atoms with van der Waals surface area (Å²) in [5, 5.41) is 5.66. The third-order valence-electron chi connectivity index (χ3n) is 5.38. The molecule has 1 aliphatic rings. The first kappa shape index (κ1) is 22.8. The lowest BCUT2D eigenvalue weighted by molar-refractivity contribution is -0.113. The molecule has 170 valence electrons. The summed E-state index contributed by atoms with van der Waals surface area (Å²) in [6.07, 6.45) is 1.71.